The first-order chi connectivity index (χ1) is 10.7. The molecule has 0 saturated heterocycles. The molecule has 24 heavy (non-hydrogen) atoms. The number of benzene rings is 1. The molecule has 1 fully saturated rings. The fraction of sp³-hybridized carbons (Fsp3) is 0.588. The van der Waals surface area contributed by atoms with E-state index in [2.05, 4.69) is 5.32 Å². The Labute approximate surface area is 146 Å². The van der Waals surface area contributed by atoms with E-state index in [-0.39, 0.29) is 29.8 Å². The van der Waals surface area contributed by atoms with Gasteiger partial charge in [-0.05, 0) is 37.8 Å². The summed E-state index contributed by atoms with van der Waals surface area (Å²) in [5.74, 6) is -0.0967. The van der Waals surface area contributed by atoms with Gasteiger partial charge < -0.3 is 11.1 Å². The first-order valence-electron chi connectivity index (χ1n) is 7.93. The van der Waals surface area contributed by atoms with Gasteiger partial charge in [0.1, 0.15) is 0 Å². The van der Waals surface area contributed by atoms with Gasteiger partial charge in [-0.3, -0.25) is 4.79 Å². The normalized spacial score (nSPS) is 17.4. The van der Waals surface area contributed by atoms with Crippen molar-refractivity contribution in [3.05, 3.63) is 35.4 Å². The van der Waals surface area contributed by atoms with E-state index in [1.165, 1.54) is 12.1 Å². The first kappa shape index (κ1) is 20.8. The van der Waals surface area contributed by atoms with Crippen molar-refractivity contribution >= 4 is 18.3 Å². The van der Waals surface area contributed by atoms with Crippen LogP contribution in [0.4, 0.5) is 13.2 Å². The SMILES string of the molecule is CC(N)CCC(=O)NCC1(c2cccc(C(F)(F)F)c2)CCC1.Cl. The third-order valence-corrected chi connectivity index (χ3v) is 4.56. The van der Waals surface area contributed by atoms with Crippen molar-refractivity contribution in [1.29, 1.82) is 0 Å². The smallest absolute Gasteiger partial charge is 0.355 e. The molecule has 1 atom stereocenters. The van der Waals surface area contributed by atoms with Gasteiger partial charge in [0.05, 0.1) is 5.56 Å². The maximum atomic E-state index is 12.9. The molecule has 0 bridgehead atoms. The van der Waals surface area contributed by atoms with E-state index in [1.807, 2.05) is 6.92 Å². The van der Waals surface area contributed by atoms with E-state index >= 15 is 0 Å². The molecule has 1 saturated carbocycles. The zero-order valence-electron chi connectivity index (χ0n) is 13.7. The highest BCUT2D eigenvalue weighted by atomic mass is 35.5. The number of amides is 1. The number of halogens is 4. The number of hydrogen-bond donors (Lipinski definition) is 2. The summed E-state index contributed by atoms with van der Waals surface area (Å²) in [5.41, 5.74) is 5.28. The summed E-state index contributed by atoms with van der Waals surface area (Å²) in [6, 6.07) is 5.42. The Bertz CT molecular complexity index is 557. The quantitative estimate of drug-likeness (QED) is 0.806. The fourth-order valence-corrected chi connectivity index (χ4v) is 2.91. The molecule has 0 heterocycles. The van der Waals surface area contributed by atoms with E-state index in [0.717, 1.165) is 25.3 Å². The van der Waals surface area contributed by atoms with Crippen LogP contribution in [0.2, 0.25) is 0 Å². The average molecular weight is 365 g/mol. The van der Waals surface area contributed by atoms with Gasteiger partial charge in [0.15, 0.2) is 0 Å². The Balaban J connectivity index is 0.00000288. The second kappa shape index (κ2) is 8.21. The predicted octanol–water partition coefficient (Wildman–Crippen LogP) is 3.79. The lowest BCUT2D eigenvalue weighted by Gasteiger charge is -2.43. The molecular formula is C17H24ClF3N2O. The second-order valence-corrected chi connectivity index (χ2v) is 6.51. The topological polar surface area (TPSA) is 55.1 Å². The van der Waals surface area contributed by atoms with Crippen LogP contribution in [0, 0.1) is 0 Å². The summed E-state index contributed by atoms with van der Waals surface area (Å²) in [5, 5.41) is 2.86. The third-order valence-electron chi connectivity index (χ3n) is 4.56. The summed E-state index contributed by atoms with van der Waals surface area (Å²) >= 11 is 0. The van der Waals surface area contributed by atoms with E-state index in [9.17, 15) is 18.0 Å². The van der Waals surface area contributed by atoms with Gasteiger partial charge in [-0.15, -0.1) is 12.4 Å². The molecule has 0 radical (unpaired) electrons. The summed E-state index contributed by atoms with van der Waals surface area (Å²) < 4.78 is 38.7. The maximum absolute atomic E-state index is 12.9. The average Bonchev–Trinajstić information content (AvgIpc) is 2.43. The summed E-state index contributed by atoms with van der Waals surface area (Å²) in [6.07, 6.45) is -0.851. The summed E-state index contributed by atoms with van der Waals surface area (Å²) in [7, 11) is 0. The molecular weight excluding hydrogens is 341 g/mol. The molecule has 3 nitrogen and oxygen atoms in total. The van der Waals surface area contributed by atoms with Crippen molar-refractivity contribution in [3.63, 3.8) is 0 Å². The zero-order valence-corrected chi connectivity index (χ0v) is 14.5. The molecule has 3 N–H and O–H groups in total. The van der Waals surface area contributed by atoms with E-state index in [1.54, 1.807) is 6.07 Å². The van der Waals surface area contributed by atoms with Crippen molar-refractivity contribution in [1.82, 2.24) is 5.32 Å². The summed E-state index contributed by atoms with van der Waals surface area (Å²) in [4.78, 5) is 11.8. The number of rotatable bonds is 6. The van der Waals surface area contributed by atoms with E-state index < -0.39 is 11.7 Å². The van der Waals surface area contributed by atoms with Crippen LogP contribution in [0.15, 0.2) is 24.3 Å². The maximum Gasteiger partial charge on any atom is 0.416 e. The Kier molecular flexibility index (Phi) is 7.10. The Hall–Kier alpha value is -1.27. The van der Waals surface area contributed by atoms with Crippen LogP contribution in [-0.2, 0) is 16.4 Å². The molecule has 2 rings (SSSR count). The van der Waals surface area contributed by atoms with Gasteiger partial charge >= 0.3 is 6.18 Å². The molecule has 7 heteroatoms. The van der Waals surface area contributed by atoms with Crippen LogP contribution in [-0.4, -0.2) is 18.5 Å². The van der Waals surface area contributed by atoms with Crippen molar-refractivity contribution in [2.45, 2.75) is 56.7 Å². The lowest BCUT2D eigenvalue weighted by Crippen LogP contribution is -2.45. The number of carbonyl (C=O) groups excluding carboxylic acids is 1. The van der Waals surface area contributed by atoms with E-state index in [4.69, 9.17) is 5.73 Å². The minimum Gasteiger partial charge on any atom is -0.355 e. The van der Waals surface area contributed by atoms with Gasteiger partial charge in [-0.25, -0.2) is 0 Å². The number of hydrogen-bond acceptors (Lipinski definition) is 2. The van der Waals surface area contributed by atoms with Crippen LogP contribution in [0.3, 0.4) is 0 Å². The van der Waals surface area contributed by atoms with Gasteiger partial charge in [-0.2, -0.15) is 13.2 Å². The number of carbonyl (C=O) groups is 1. The van der Waals surface area contributed by atoms with Crippen LogP contribution >= 0.6 is 12.4 Å². The van der Waals surface area contributed by atoms with Gasteiger partial charge in [0.2, 0.25) is 5.91 Å². The van der Waals surface area contributed by atoms with Gasteiger partial charge in [-0.1, -0.05) is 24.6 Å². The molecule has 1 aromatic rings. The molecule has 136 valence electrons. The van der Waals surface area contributed by atoms with E-state index in [0.29, 0.717) is 24.9 Å². The standard InChI is InChI=1S/C17H23F3N2O.ClH/c1-12(21)6-7-15(23)22-11-16(8-3-9-16)13-4-2-5-14(10-13)17(18,19)20;/h2,4-5,10,12H,3,6-9,11,21H2,1H3,(H,22,23);1H. The van der Waals surface area contributed by atoms with Crippen molar-refractivity contribution in [2.24, 2.45) is 5.73 Å². The monoisotopic (exact) mass is 364 g/mol. The molecule has 1 unspecified atom stereocenters. The molecule has 0 spiro atoms. The van der Waals surface area contributed by atoms with Crippen LogP contribution in [0.1, 0.15) is 50.2 Å². The van der Waals surface area contributed by atoms with Crippen LogP contribution < -0.4 is 11.1 Å². The van der Waals surface area contributed by atoms with Crippen molar-refractivity contribution in [2.75, 3.05) is 6.54 Å². The van der Waals surface area contributed by atoms with Crippen molar-refractivity contribution in [3.8, 4) is 0 Å². The van der Waals surface area contributed by atoms with Crippen LogP contribution in [0.25, 0.3) is 0 Å². The second-order valence-electron chi connectivity index (χ2n) is 6.51. The lowest BCUT2D eigenvalue weighted by molar-refractivity contribution is -0.137. The van der Waals surface area contributed by atoms with Crippen LogP contribution in [0.5, 0.6) is 0 Å². The highest BCUT2D eigenvalue weighted by Gasteiger charge is 2.40. The molecule has 1 aliphatic rings. The van der Waals surface area contributed by atoms with Crippen molar-refractivity contribution < 1.29 is 18.0 Å². The highest BCUT2D eigenvalue weighted by Crippen LogP contribution is 2.44. The van der Waals surface area contributed by atoms with Gasteiger partial charge in [0.25, 0.3) is 0 Å². The zero-order chi connectivity index (χ0) is 17.1. The van der Waals surface area contributed by atoms with Gasteiger partial charge in [0, 0.05) is 24.4 Å². The minimum absolute atomic E-state index is 0. The largest absolute Gasteiger partial charge is 0.416 e. The Morgan fingerprint density at radius 3 is 2.54 bits per heavy atom. The molecule has 1 aliphatic carbocycles. The minimum atomic E-state index is -4.35. The predicted molar refractivity (Wildman–Crippen MR) is 90.1 cm³/mol. The fourth-order valence-electron chi connectivity index (χ4n) is 2.91. The number of alkyl halides is 3. The number of nitrogens with one attached hydrogen (secondary N) is 1. The molecule has 0 aliphatic heterocycles. The number of nitrogens with two attached hydrogens (primary N) is 1. The molecule has 0 aromatic heterocycles. The Morgan fingerprint density at radius 2 is 2.04 bits per heavy atom. The summed E-state index contributed by atoms with van der Waals surface area (Å²) in [6.45, 7) is 2.22. The Morgan fingerprint density at radius 1 is 1.38 bits per heavy atom. The molecule has 1 amide bonds. The highest BCUT2D eigenvalue weighted by molar-refractivity contribution is 5.85. The first-order valence-corrected chi connectivity index (χ1v) is 7.93. The molecule has 1 aromatic carbocycles. The third kappa shape index (κ3) is 5.11. The lowest BCUT2D eigenvalue weighted by atomic mass is 9.64.